The number of nitrogens with zero attached hydrogens (tertiary/aromatic N) is 4. The molecule has 1 N–H and O–H groups in total. The first kappa shape index (κ1) is 24.1. The fourth-order valence-electron chi connectivity index (χ4n) is 2.97. The Bertz CT molecular complexity index is 1240. The molecule has 0 saturated carbocycles. The minimum atomic E-state index is -4.55. The number of aromatic nitrogens is 4. The Morgan fingerprint density at radius 2 is 2.09 bits per heavy atom. The van der Waals surface area contributed by atoms with Gasteiger partial charge in [-0.3, -0.25) is 19.5 Å². The van der Waals surface area contributed by atoms with E-state index in [0.717, 1.165) is 38.6 Å². The Kier molecular flexibility index (Phi) is 7.36. The van der Waals surface area contributed by atoms with Crippen LogP contribution in [0.1, 0.15) is 18.2 Å². The minimum absolute atomic E-state index is 0.0471. The van der Waals surface area contributed by atoms with Crippen LogP contribution in [0.4, 0.5) is 18.3 Å². The van der Waals surface area contributed by atoms with E-state index in [0.29, 0.717) is 27.9 Å². The molecule has 1 aliphatic rings. The van der Waals surface area contributed by atoms with Gasteiger partial charge in [-0.1, -0.05) is 47.9 Å². The van der Waals surface area contributed by atoms with Crippen LogP contribution in [-0.4, -0.2) is 42.9 Å². The molecule has 0 spiro atoms. The van der Waals surface area contributed by atoms with Crippen LogP contribution in [0.5, 0.6) is 0 Å². The average Bonchev–Trinajstić information content (AvgIpc) is 3.41. The maximum Gasteiger partial charge on any atom is 0.416 e. The third-order valence-corrected chi connectivity index (χ3v) is 8.25. The number of anilines is 1. The highest BCUT2D eigenvalue weighted by molar-refractivity contribution is 8.01. The lowest BCUT2D eigenvalue weighted by Gasteiger charge is -2.15. The number of carbonyl (C=O) groups excluding carboxylic acids is 1. The van der Waals surface area contributed by atoms with Crippen LogP contribution < -0.4 is 10.9 Å². The first-order chi connectivity index (χ1) is 15.8. The normalized spacial score (nSPS) is 13.2. The number of halogens is 3. The molecule has 1 aromatic carbocycles. The Labute approximate surface area is 203 Å². The van der Waals surface area contributed by atoms with E-state index in [4.69, 9.17) is 0 Å². The lowest BCUT2D eigenvalue weighted by atomic mass is 10.2. The van der Waals surface area contributed by atoms with E-state index in [9.17, 15) is 22.8 Å². The zero-order chi connectivity index (χ0) is 23.6. The summed E-state index contributed by atoms with van der Waals surface area (Å²) >= 11 is 5.07. The van der Waals surface area contributed by atoms with E-state index in [1.807, 2.05) is 6.92 Å². The molecule has 3 heterocycles. The maximum atomic E-state index is 13.2. The highest BCUT2D eigenvalue weighted by Crippen LogP contribution is 2.33. The number of hydrogen-bond acceptors (Lipinski definition) is 9. The summed E-state index contributed by atoms with van der Waals surface area (Å²) < 4.78 is 41.6. The van der Waals surface area contributed by atoms with Crippen molar-refractivity contribution in [2.75, 3.05) is 22.6 Å². The van der Waals surface area contributed by atoms with Gasteiger partial charge >= 0.3 is 6.18 Å². The quantitative estimate of drug-likeness (QED) is 0.269. The largest absolute Gasteiger partial charge is 0.416 e. The van der Waals surface area contributed by atoms with E-state index >= 15 is 0 Å². The van der Waals surface area contributed by atoms with Crippen molar-refractivity contribution in [3.05, 3.63) is 45.9 Å². The molecule has 4 rings (SSSR count). The number of fused-ring (bicyclic) bond motifs is 1. The summed E-state index contributed by atoms with van der Waals surface area (Å²) in [5.74, 6) is 1.01. The third-order valence-electron chi connectivity index (χ3n) is 4.35. The van der Waals surface area contributed by atoms with Crippen LogP contribution in [-0.2, 0) is 17.4 Å². The van der Waals surface area contributed by atoms with Crippen molar-refractivity contribution in [1.29, 1.82) is 0 Å². The molecule has 0 bridgehead atoms. The van der Waals surface area contributed by atoms with Crippen molar-refractivity contribution in [2.24, 2.45) is 0 Å². The van der Waals surface area contributed by atoms with Gasteiger partial charge in [0, 0.05) is 12.2 Å². The van der Waals surface area contributed by atoms with Crippen molar-refractivity contribution >= 4 is 57.7 Å². The molecule has 0 atom stereocenters. The van der Waals surface area contributed by atoms with Gasteiger partial charge in [0.15, 0.2) is 9.50 Å². The predicted octanol–water partition coefficient (Wildman–Crippen LogP) is 4.59. The van der Waals surface area contributed by atoms with Crippen molar-refractivity contribution in [1.82, 2.24) is 19.7 Å². The second kappa shape index (κ2) is 10.1. The second-order valence-corrected chi connectivity index (χ2v) is 11.1. The molecule has 0 aliphatic carbocycles. The van der Waals surface area contributed by atoms with Crippen LogP contribution in [0.15, 0.2) is 43.5 Å². The van der Waals surface area contributed by atoms with E-state index < -0.39 is 17.3 Å². The molecule has 0 saturated heterocycles. The summed E-state index contributed by atoms with van der Waals surface area (Å²) in [6.07, 6.45) is -3.97. The van der Waals surface area contributed by atoms with E-state index in [1.165, 1.54) is 47.0 Å². The molecule has 0 unspecified atom stereocenters. The lowest BCUT2D eigenvalue weighted by molar-refractivity contribution is -0.137. The molecular weight excluding hydrogens is 516 g/mol. The summed E-state index contributed by atoms with van der Waals surface area (Å²) in [5.41, 5.74) is -0.659. The number of thioether (sulfide) groups is 3. The van der Waals surface area contributed by atoms with Crippen LogP contribution in [0.2, 0.25) is 0 Å². The van der Waals surface area contributed by atoms with Gasteiger partial charge in [0.05, 0.1) is 27.6 Å². The number of rotatable bonds is 7. The van der Waals surface area contributed by atoms with Gasteiger partial charge < -0.3 is 0 Å². The fraction of sp³-hybridized carbons (Fsp3) is 0.316. The summed E-state index contributed by atoms with van der Waals surface area (Å²) in [6, 6.07) is 4.51. The van der Waals surface area contributed by atoms with Gasteiger partial charge in [-0.05, 0) is 24.0 Å². The van der Waals surface area contributed by atoms with Crippen molar-refractivity contribution in [3.63, 3.8) is 0 Å². The molecule has 1 aliphatic heterocycles. The van der Waals surface area contributed by atoms with E-state index in [1.54, 1.807) is 0 Å². The Balaban J connectivity index is 1.61. The summed E-state index contributed by atoms with van der Waals surface area (Å²) in [6.45, 7) is 1.98. The SMILES string of the molecule is CCSc1nnc(NC(=O)CSc2nc3c(c(=O)n2-c2cccc(C(F)(F)F)c2)SCC3)s1. The first-order valence-corrected chi connectivity index (χ1v) is 13.4. The highest BCUT2D eigenvalue weighted by atomic mass is 32.2. The molecule has 33 heavy (non-hydrogen) atoms. The predicted molar refractivity (Wildman–Crippen MR) is 125 cm³/mol. The number of nitrogens with one attached hydrogen (secondary N) is 1. The first-order valence-electron chi connectivity index (χ1n) is 9.61. The smallest absolute Gasteiger partial charge is 0.300 e. The molecule has 0 radical (unpaired) electrons. The van der Waals surface area contributed by atoms with Gasteiger partial charge in [-0.2, -0.15) is 13.2 Å². The second-order valence-electron chi connectivity index (χ2n) is 6.60. The molecule has 3 aromatic rings. The van der Waals surface area contributed by atoms with E-state index in [-0.39, 0.29) is 22.5 Å². The number of benzene rings is 1. The molecule has 2 aromatic heterocycles. The van der Waals surface area contributed by atoms with Crippen molar-refractivity contribution in [3.8, 4) is 5.69 Å². The Hall–Kier alpha value is -2.03. The standard InChI is InChI=1S/C19H16F3N5O2S4/c1-2-30-18-26-25-16(33-18)24-13(28)9-32-17-23-12-6-7-31-14(12)15(29)27(17)11-5-3-4-10(8-11)19(20,21)22/h3-5,8H,2,6-7,9H2,1H3,(H,24,25,28). The van der Waals surface area contributed by atoms with Gasteiger partial charge in [0.1, 0.15) is 0 Å². The minimum Gasteiger partial charge on any atom is -0.300 e. The zero-order valence-electron chi connectivity index (χ0n) is 17.0. The van der Waals surface area contributed by atoms with Gasteiger partial charge in [0.25, 0.3) is 5.56 Å². The number of carbonyl (C=O) groups is 1. The van der Waals surface area contributed by atoms with Crippen LogP contribution in [0.3, 0.4) is 0 Å². The molecule has 7 nitrogen and oxygen atoms in total. The molecule has 0 fully saturated rings. The van der Waals surface area contributed by atoms with Crippen LogP contribution in [0.25, 0.3) is 5.69 Å². The van der Waals surface area contributed by atoms with Crippen LogP contribution >= 0.6 is 46.6 Å². The van der Waals surface area contributed by atoms with E-state index in [2.05, 4.69) is 20.5 Å². The average molecular weight is 532 g/mol. The zero-order valence-corrected chi connectivity index (χ0v) is 20.3. The molecule has 174 valence electrons. The van der Waals surface area contributed by atoms with Crippen LogP contribution in [0, 0.1) is 0 Å². The summed E-state index contributed by atoms with van der Waals surface area (Å²) in [4.78, 5) is 30.5. The molecule has 1 amide bonds. The highest BCUT2D eigenvalue weighted by Gasteiger charge is 2.31. The Morgan fingerprint density at radius 1 is 1.27 bits per heavy atom. The number of alkyl halides is 3. The van der Waals surface area contributed by atoms with Gasteiger partial charge in [-0.25, -0.2) is 4.98 Å². The number of amides is 1. The van der Waals surface area contributed by atoms with Gasteiger partial charge in [-0.15, -0.1) is 22.0 Å². The molecular formula is C19H16F3N5O2S4. The van der Waals surface area contributed by atoms with Crippen molar-refractivity contribution < 1.29 is 18.0 Å². The fourth-order valence-corrected chi connectivity index (χ4v) is 6.48. The maximum absolute atomic E-state index is 13.2. The Morgan fingerprint density at radius 3 is 2.85 bits per heavy atom. The summed E-state index contributed by atoms with van der Waals surface area (Å²) in [5, 5.41) is 11.0. The number of aryl methyl sites for hydroxylation is 1. The monoisotopic (exact) mass is 531 g/mol. The third kappa shape index (κ3) is 5.55. The molecule has 14 heteroatoms. The van der Waals surface area contributed by atoms with Gasteiger partial charge in [0.2, 0.25) is 11.0 Å². The van der Waals surface area contributed by atoms with Crippen molar-refractivity contribution in [2.45, 2.75) is 33.9 Å². The summed E-state index contributed by atoms with van der Waals surface area (Å²) in [7, 11) is 0. The number of hydrogen-bond donors (Lipinski definition) is 1. The lowest BCUT2D eigenvalue weighted by Crippen LogP contribution is -2.25. The topological polar surface area (TPSA) is 89.8 Å².